The summed E-state index contributed by atoms with van der Waals surface area (Å²) in [5, 5.41) is 13.2. The molecule has 1 atom stereocenters. The van der Waals surface area contributed by atoms with Gasteiger partial charge in [-0.3, -0.25) is 4.79 Å². The summed E-state index contributed by atoms with van der Waals surface area (Å²) in [5.41, 5.74) is 1.16. The predicted octanol–water partition coefficient (Wildman–Crippen LogP) is 3.42. The number of rotatable bonds is 4. The predicted molar refractivity (Wildman–Crippen MR) is 101 cm³/mol. The van der Waals surface area contributed by atoms with Gasteiger partial charge < -0.3 is 19.6 Å². The Morgan fingerprint density at radius 3 is 2.79 bits per heavy atom. The molecule has 4 rings (SSSR count). The second kappa shape index (κ2) is 7.82. The molecular formula is C21H19FN2O4. The summed E-state index contributed by atoms with van der Waals surface area (Å²) in [6.45, 7) is 1.11. The molecule has 1 aliphatic heterocycles. The minimum atomic E-state index is -0.381. The van der Waals surface area contributed by atoms with Gasteiger partial charge in [0.05, 0.1) is 11.8 Å². The third-order valence-corrected chi connectivity index (χ3v) is 4.55. The number of fused-ring (bicyclic) bond motifs is 1. The molecule has 0 aliphatic carbocycles. The summed E-state index contributed by atoms with van der Waals surface area (Å²) in [5.74, 6) is -0.677. The van der Waals surface area contributed by atoms with Crippen molar-refractivity contribution < 1.29 is 23.4 Å². The number of nitrogens with zero attached hydrogens (tertiary/aromatic N) is 1. The maximum Gasteiger partial charge on any atom is 0.256 e. The lowest BCUT2D eigenvalue weighted by molar-refractivity contribution is 0.0854. The average molecular weight is 382 g/mol. The highest BCUT2D eigenvalue weighted by Crippen LogP contribution is 2.20. The van der Waals surface area contributed by atoms with Gasteiger partial charge in [0.25, 0.3) is 5.91 Å². The van der Waals surface area contributed by atoms with Crippen molar-refractivity contribution in [3.05, 3.63) is 65.5 Å². The zero-order valence-electron chi connectivity index (χ0n) is 15.0. The Balaban J connectivity index is 1.74. The SMILES string of the molecule is O=C(NC[C@H]1CCCO1)c1cc2ccc(O)cc2oc1=Nc1ccc(F)cc1. The summed E-state index contributed by atoms with van der Waals surface area (Å²) >= 11 is 0. The van der Waals surface area contributed by atoms with Crippen LogP contribution in [0.4, 0.5) is 10.1 Å². The Morgan fingerprint density at radius 2 is 2.04 bits per heavy atom. The van der Waals surface area contributed by atoms with Gasteiger partial charge in [-0.25, -0.2) is 9.38 Å². The van der Waals surface area contributed by atoms with Crippen molar-refractivity contribution in [1.82, 2.24) is 5.32 Å². The molecule has 7 heteroatoms. The molecule has 2 heterocycles. The van der Waals surface area contributed by atoms with Crippen molar-refractivity contribution in [3.8, 4) is 5.75 Å². The van der Waals surface area contributed by atoms with Crippen molar-refractivity contribution >= 4 is 22.6 Å². The lowest BCUT2D eigenvalue weighted by atomic mass is 10.1. The van der Waals surface area contributed by atoms with E-state index in [4.69, 9.17) is 9.15 Å². The Kier molecular flexibility index (Phi) is 5.08. The highest BCUT2D eigenvalue weighted by Gasteiger charge is 2.18. The van der Waals surface area contributed by atoms with Crippen LogP contribution in [0.3, 0.4) is 0 Å². The molecular weight excluding hydrogens is 363 g/mol. The van der Waals surface area contributed by atoms with E-state index in [0.29, 0.717) is 29.8 Å². The number of carbonyl (C=O) groups excluding carboxylic acids is 1. The van der Waals surface area contributed by atoms with Crippen molar-refractivity contribution in [1.29, 1.82) is 0 Å². The fourth-order valence-corrected chi connectivity index (χ4v) is 3.09. The molecule has 6 nitrogen and oxygen atoms in total. The highest BCUT2D eigenvalue weighted by atomic mass is 19.1. The normalized spacial score (nSPS) is 17.2. The van der Waals surface area contributed by atoms with Crippen LogP contribution >= 0.6 is 0 Å². The van der Waals surface area contributed by atoms with Gasteiger partial charge in [0.1, 0.15) is 22.7 Å². The molecule has 0 radical (unpaired) electrons. The average Bonchev–Trinajstić information content (AvgIpc) is 3.21. The number of phenols is 1. The molecule has 144 valence electrons. The maximum atomic E-state index is 13.2. The first-order valence-electron chi connectivity index (χ1n) is 9.05. The van der Waals surface area contributed by atoms with E-state index in [1.54, 1.807) is 12.1 Å². The molecule has 2 aromatic carbocycles. The molecule has 1 aromatic heterocycles. The van der Waals surface area contributed by atoms with E-state index in [-0.39, 0.29) is 34.7 Å². The molecule has 2 N–H and O–H groups in total. The minimum Gasteiger partial charge on any atom is -0.508 e. The molecule has 28 heavy (non-hydrogen) atoms. The van der Waals surface area contributed by atoms with Gasteiger partial charge in [0, 0.05) is 24.6 Å². The number of nitrogens with one attached hydrogen (secondary N) is 1. The van der Waals surface area contributed by atoms with Crippen molar-refractivity contribution in [2.75, 3.05) is 13.2 Å². The third kappa shape index (κ3) is 4.04. The molecule has 3 aromatic rings. The number of halogens is 1. The van der Waals surface area contributed by atoms with Gasteiger partial charge in [-0.15, -0.1) is 0 Å². The van der Waals surface area contributed by atoms with E-state index in [0.717, 1.165) is 12.8 Å². The Labute approximate surface area is 160 Å². The van der Waals surface area contributed by atoms with Crippen LogP contribution in [0.15, 0.2) is 57.9 Å². The van der Waals surface area contributed by atoms with E-state index < -0.39 is 0 Å². The Hall–Kier alpha value is -3.19. The summed E-state index contributed by atoms with van der Waals surface area (Å²) < 4.78 is 24.5. The first-order valence-corrected chi connectivity index (χ1v) is 9.05. The van der Waals surface area contributed by atoms with Gasteiger partial charge in [0.15, 0.2) is 0 Å². The first-order chi connectivity index (χ1) is 13.6. The Morgan fingerprint density at radius 1 is 1.21 bits per heavy atom. The monoisotopic (exact) mass is 382 g/mol. The Bertz CT molecular complexity index is 1070. The van der Waals surface area contributed by atoms with Crippen LogP contribution in [-0.2, 0) is 4.74 Å². The third-order valence-electron chi connectivity index (χ3n) is 4.55. The van der Waals surface area contributed by atoms with Crippen LogP contribution in [0.5, 0.6) is 5.75 Å². The van der Waals surface area contributed by atoms with Crippen LogP contribution < -0.4 is 10.9 Å². The van der Waals surface area contributed by atoms with Gasteiger partial charge in [-0.1, -0.05) is 0 Å². The molecule has 0 unspecified atom stereocenters. The van der Waals surface area contributed by atoms with Crippen molar-refractivity contribution in [2.45, 2.75) is 18.9 Å². The number of benzene rings is 2. The van der Waals surface area contributed by atoms with Crippen molar-refractivity contribution in [2.24, 2.45) is 4.99 Å². The lowest BCUT2D eigenvalue weighted by Gasteiger charge is -2.11. The number of hydrogen-bond acceptors (Lipinski definition) is 5. The summed E-state index contributed by atoms with van der Waals surface area (Å²) in [6.07, 6.45) is 1.91. The van der Waals surface area contributed by atoms with E-state index in [1.165, 1.54) is 36.4 Å². The second-order valence-electron chi connectivity index (χ2n) is 6.62. The number of ether oxygens (including phenoxy) is 1. The van der Waals surface area contributed by atoms with Crippen LogP contribution in [0.25, 0.3) is 11.0 Å². The van der Waals surface area contributed by atoms with Crippen LogP contribution in [0.1, 0.15) is 23.2 Å². The van der Waals surface area contributed by atoms with Crippen LogP contribution in [0, 0.1) is 5.82 Å². The zero-order chi connectivity index (χ0) is 19.5. The summed E-state index contributed by atoms with van der Waals surface area (Å²) in [6, 6.07) is 11.8. The number of aromatic hydroxyl groups is 1. The van der Waals surface area contributed by atoms with Gasteiger partial charge in [-0.2, -0.15) is 0 Å². The summed E-state index contributed by atoms with van der Waals surface area (Å²) in [4.78, 5) is 17.1. The second-order valence-corrected chi connectivity index (χ2v) is 6.62. The van der Waals surface area contributed by atoms with Crippen LogP contribution in [0.2, 0.25) is 0 Å². The van der Waals surface area contributed by atoms with Gasteiger partial charge >= 0.3 is 0 Å². The number of amides is 1. The quantitative estimate of drug-likeness (QED) is 0.724. The van der Waals surface area contributed by atoms with Crippen molar-refractivity contribution in [3.63, 3.8) is 0 Å². The van der Waals surface area contributed by atoms with Gasteiger partial charge in [0.2, 0.25) is 5.55 Å². The molecule has 1 amide bonds. The fourth-order valence-electron chi connectivity index (χ4n) is 3.09. The number of carbonyl (C=O) groups is 1. The van der Waals surface area contributed by atoms with E-state index in [2.05, 4.69) is 10.3 Å². The van der Waals surface area contributed by atoms with E-state index >= 15 is 0 Å². The molecule has 0 spiro atoms. The maximum absolute atomic E-state index is 13.2. The molecule has 1 fully saturated rings. The van der Waals surface area contributed by atoms with Gasteiger partial charge in [-0.05, 0) is 55.3 Å². The minimum absolute atomic E-state index is 0.00998. The molecule has 1 aliphatic rings. The highest BCUT2D eigenvalue weighted by molar-refractivity contribution is 5.96. The summed E-state index contributed by atoms with van der Waals surface area (Å²) in [7, 11) is 0. The fraction of sp³-hybridized carbons (Fsp3) is 0.238. The first kappa shape index (κ1) is 18.2. The van der Waals surface area contributed by atoms with Crippen LogP contribution in [-0.4, -0.2) is 30.3 Å². The standard InChI is InChI=1S/C21H19FN2O4/c22-14-4-6-15(7-5-14)24-21-18(20(26)23-12-17-2-1-9-27-17)10-13-3-8-16(25)11-19(13)28-21/h3-8,10-11,17,25H,1-2,9,12H2,(H,23,26)/t17-/m1/s1. The largest absolute Gasteiger partial charge is 0.508 e. The number of hydrogen-bond donors (Lipinski definition) is 2. The molecule has 0 saturated carbocycles. The number of phenolic OH excluding ortho intramolecular Hbond substituents is 1. The molecule has 0 bridgehead atoms. The molecule has 1 saturated heterocycles. The zero-order valence-corrected chi connectivity index (χ0v) is 15.0. The lowest BCUT2D eigenvalue weighted by Crippen LogP contribution is -2.34. The van der Waals surface area contributed by atoms with E-state index in [1.807, 2.05) is 0 Å². The smallest absolute Gasteiger partial charge is 0.256 e. The van der Waals surface area contributed by atoms with E-state index in [9.17, 15) is 14.3 Å². The topological polar surface area (TPSA) is 84.1 Å².